The molecule has 5 N–H and O–H groups in total. The number of hydrogen-bond acceptors (Lipinski definition) is 4. The third kappa shape index (κ3) is 2.16. The van der Waals surface area contributed by atoms with Gasteiger partial charge in [-0.2, -0.15) is 0 Å². The number of benzene rings is 1. The summed E-state index contributed by atoms with van der Waals surface area (Å²) in [6.07, 6.45) is 0. The molecule has 0 aliphatic heterocycles. The van der Waals surface area contributed by atoms with E-state index >= 15 is 0 Å². The quantitative estimate of drug-likeness (QED) is 0.663. The molecule has 1 rings (SSSR count). The van der Waals surface area contributed by atoms with Gasteiger partial charge >= 0.3 is 0 Å². The van der Waals surface area contributed by atoms with E-state index in [9.17, 15) is 5.11 Å². The molecule has 0 aliphatic carbocycles. The first-order valence-electron chi connectivity index (χ1n) is 4.61. The monoisotopic (exact) mass is 196 g/mol. The first-order chi connectivity index (χ1) is 6.70. The van der Waals surface area contributed by atoms with Crippen LogP contribution < -0.4 is 16.2 Å². The lowest BCUT2D eigenvalue weighted by molar-refractivity contribution is 0.316. The minimum Gasteiger partial charge on any atom is -0.504 e. The topological polar surface area (TPSA) is 81.5 Å². The molecular formula is C10H16N2O2. The van der Waals surface area contributed by atoms with Crippen molar-refractivity contribution < 1.29 is 9.84 Å². The highest BCUT2D eigenvalue weighted by atomic mass is 16.5. The SMILES string of the molecule is CCOc1cccc([C@@H](N)CN)c1O. The van der Waals surface area contributed by atoms with Crippen LogP contribution in [0.5, 0.6) is 11.5 Å². The second-order valence-electron chi connectivity index (χ2n) is 2.97. The first kappa shape index (κ1) is 10.8. The third-order valence-electron chi connectivity index (χ3n) is 1.98. The van der Waals surface area contributed by atoms with Crippen molar-refractivity contribution in [3.8, 4) is 11.5 Å². The molecule has 0 unspecified atom stereocenters. The van der Waals surface area contributed by atoms with E-state index in [1.807, 2.05) is 6.92 Å². The van der Waals surface area contributed by atoms with Gasteiger partial charge in [0.15, 0.2) is 11.5 Å². The number of phenolic OH excluding ortho intramolecular Hbond substituents is 1. The van der Waals surface area contributed by atoms with Crippen LogP contribution >= 0.6 is 0 Å². The van der Waals surface area contributed by atoms with Crippen molar-refractivity contribution in [3.63, 3.8) is 0 Å². The van der Waals surface area contributed by atoms with Gasteiger partial charge in [0.25, 0.3) is 0 Å². The Balaban J connectivity index is 3.00. The number of hydrogen-bond donors (Lipinski definition) is 3. The number of phenols is 1. The zero-order chi connectivity index (χ0) is 10.6. The van der Waals surface area contributed by atoms with Gasteiger partial charge in [0, 0.05) is 18.2 Å². The van der Waals surface area contributed by atoms with Crippen LogP contribution in [-0.4, -0.2) is 18.3 Å². The van der Waals surface area contributed by atoms with Crippen LogP contribution in [0.2, 0.25) is 0 Å². The molecule has 0 aromatic heterocycles. The summed E-state index contributed by atoms with van der Waals surface area (Å²) in [6.45, 7) is 2.66. The molecular weight excluding hydrogens is 180 g/mol. The van der Waals surface area contributed by atoms with Gasteiger partial charge < -0.3 is 21.3 Å². The molecule has 0 saturated carbocycles. The highest BCUT2D eigenvalue weighted by Gasteiger charge is 2.12. The number of ether oxygens (including phenoxy) is 1. The Labute approximate surface area is 83.5 Å². The molecule has 78 valence electrons. The van der Waals surface area contributed by atoms with E-state index < -0.39 is 0 Å². The molecule has 0 heterocycles. The summed E-state index contributed by atoms with van der Waals surface area (Å²) in [4.78, 5) is 0. The summed E-state index contributed by atoms with van der Waals surface area (Å²) in [6, 6.07) is 4.88. The number of nitrogens with two attached hydrogens (primary N) is 2. The summed E-state index contributed by atoms with van der Waals surface area (Å²) in [7, 11) is 0. The van der Waals surface area contributed by atoms with E-state index in [-0.39, 0.29) is 11.8 Å². The lowest BCUT2D eigenvalue weighted by atomic mass is 10.1. The molecule has 14 heavy (non-hydrogen) atoms. The van der Waals surface area contributed by atoms with E-state index in [1.165, 1.54) is 0 Å². The summed E-state index contributed by atoms with van der Waals surface area (Å²) in [5, 5.41) is 9.76. The van der Waals surface area contributed by atoms with Gasteiger partial charge in [-0.15, -0.1) is 0 Å². The Morgan fingerprint density at radius 3 is 2.79 bits per heavy atom. The van der Waals surface area contributed by atoms with E-state index in [1.54, 1.807) is 18.2 Å². The maximum Gasteiger partial charge on any atom is 0.162 e. The minimum absolute atomic E-state index is 0.0901. The van der Waals surface area contributed by atoms with Gasteiger partial charge in [-0.05, 0) is 13.0 Å². The summed E-state index contributed by atoms with van der Waals surface area (Å²) >= 11 is 0. The van der Waals surface area contributed by atoms with Crippen LogP contribution in [0.3, 0.4) is 0 Å². The van der Waals surface area contributed by atoms with E-state index in [4.69, 9.17) is 16.2 Å². The molecule has 0 spiro atoms. The number of para-hydroxylation sites is 1. The molecule has 1 atom stereocenters. The molecule has 4 nitrogen and oxygen atoms in total. The van der Waals surface area contributed by atoms with Crippen molar-refractivity contribution in [1.82, 2.24) is 0 Å². The number of rotatable bonds is 4. The molecule has 1 aromatic rings. The first-order valence-corrected chi connectivity index (χ1v) is 4.61. The maximum atomic E-state index is 9.76. The Morgan fingerprint density at radius 2 is 2.21 bits per heavy atom. The van der Waals surface area contributed by atoms with Gasteiger partial charge in [-0.25, -0.2) is 0 Å². The molecule has 0 fully saturated rings. The molecule has 4 heteroatoms. The van der Waals surface area contributed by atoms with Crippen LogP contribution in [0.15, 0.2) is 18.2 Å². The standard InChI is InChI=1S/C10H16N2O2/c1-2-14-9-5-3-4-7(10(9)13)8(12)6-11/h3-5,8,13H,2,6,11-12H2,1H3/t8-/m0/s1. The van der Waals surface area contributed by atoms with Crippen molar-refractivity contribution in [3.05, 3.63) is 23.8 Å². The fraction of sp³-hybridized carbons (Fsp3) is 0.400. The van der Waals surface area contributed by atoms with Gasteiger partial charge in [-0.1, -0.05) is 12.1 Å². The second-order valence-corrected chi connectivity index (χ2v) is 2.97. The third-order valence-corrected chi connectivity index (χ3v) is 1.98. The molecule has 0 bridgehead atoms. The van der Waals surface area contributed by atoms with Gasteiger partial charge in [0.1, 0.15) is 0 Å². The second kappa shape index (κ2) is 4.83. The maximum absolute atomic E-state index is 9.76. The highest BCUT2D eigenvalue weighted by Crippen LogP contribution is 2.32. The predicted octanol–water partition coefficient (Wildman–Crippen LogP) is 0.749. The zero-order valence-electron chi connectivity index (χ0n) is 8.23. The summed E-state index contributed by atoms with van der Waals surface area (Å²) < 4.78 is 5.23. The van der Waals surface area contributed by atoms with Gasteiger partial charge in [0.2, 0.25) is 0 Å². The Bertz CT molecular complexity index is 302. The lowest BCUT2D eigenvalue weighted by Crippen LogP contribution is -2.20. The summed E-state index contributed by atoms with van der Waals surface area (Å²) in [5.74, 6) is 0.543. The lowest BCUT2D eigenvalue weighted by Gasteiger charge is -2.13. The van der Waals surface area contributed by atoms with Crippen molar-refractivity contribution >= 4 is 0 Å². The van der Waals surface area contributed by atoms with Gasteiger partial charge in [-0.3, -0.25) is 0 Å². The van der Waals surface area contributed by atoms with E-state index in [0.717, 1.165) is 0 Å². The average Bonchev–Trinajstić information content (AvgIpc) is 2.20. The van der Waals surface area contributed by atoms with Crippen LogP contribution in [0.1, 0.15) is 18.5 Å². The highest BCUT2D eigenvalue weighted by molar-refractivity contribution is 5.46. The fourth-order valence-electron chi connectivity index (χ4n) is 1.24. The smallest absolute Gasteiger partial charge is 0.162 e. The van der Waals surface area contributed by atoms with Crippen molar-refractivity contribution in [2.45, 2.75) is 13.0 Å². The van der Waals surface area contributed by atoms with E-state index in [0.29, 0.717) is 24.5 Å². The zero-order valence-corrected chi connectivity index (χ0v) is 8.23. The molecule has 0 saturated heterocycles. The minimum atomic E-state index is -0.351. The molecule has 0 amide bonds. The van der Waals surface area contributed by atoms with Crippen LogP contribution in [-0.2, 0) is 0 Å². The Morgan fingerprint density at radius 1 is 1.50 bits per heavy atom. The van der Waals surface area contributed by atoms with Crippen LogP contribution in [0.25, 0.3) is 0 Å². The van der Waals surface area contributed by atoms with Crippen molar-refractivity contribution in [1.29, 1.82) is 0 Å². The van der Waals surface area contributed by atoms with Crippen molar-refractivity contribution in [2.75, 3.05) is 13.2 Å². The normalized spacial score (nSPS) is 12.5. The van der Waals surface area contributed by atoms with Gasteiger partial charge in [0.05, 0.1) is 6.61 Å². The summed E-state index contributed by atoms with van der Waals surface area (Å²) in [5.41, 5.74) is 11.8. The number of aromatic hydroxyl groups is 1. The van der Waals surface area contributed by atoms with Crippen molar-refractivity contribution in [2.24, 2.45) is 11.5 Å². The Hall–Kier alpha value is -1.26. The van der Waals surface area contributed by atoms with Crippen LogP contribution in [0, 0.1) is 0 Å². The molecule has 0 aliphatic rings. The fourth-order valence-corrected chi connectivity index (χ4v) is 1.24. The average molecular weight is 196 g/mol. The largest absolute Gasteiger partial charge is 0.504 e. The van der Waals surface area contributed by atoms with E-state index in [2.05, 4.69) is 0 Å². The Kier molecular flexibility index (Phi) is 3.73. The van der Waals surface area contributed by atoms with Crippen LogP contribution in [0.4, 0.5) is 0 Å². The predicted molar refractivity (Wildman–Crippen MR) is 55.3 cm³/mol. The molecule has 0 radical (unpaired) electrons. The molecule has 1 aromatic carbocycles.